The smallest absolute Gasteiger partial charge is 0.0385 e. The normalized spacial score (nSPS) is 12.9. The molecule has 0 amide bonds. The molecule has 1 saturated carbocycles. The first-order valence-corrected chi connectivity index (χ1v) is 20.5. The molecule has 268 valence electrons. The maximum absolute atomic E-state index is 3.51. The molecular formula is C51H56Zr-4. The maximum atomic E-state index is 3.51. The zero-order valence-corrected chi connectivity index (χ0v) is 34.7. The molecule has 0 aliphatic heterocycles. The standard InChI is InChI=1S/C21H25.C18H19.C6H5.C5H5.CH2.Zr/c1-20(2,3)16-7-9-18-14(12-16)11-15-13-17(21(4,5)6)8-10-19(15)18;1-3-9-15(10-4-1)17-13-7-8-14-18(17)16-11-5-2-6-12-16;1-2-4-6-5-3-1;1-2-4-5-3-1;;/h7-13H,1-6H3;1,3-4,7-10,13,16H,2,5-6,11-12H2;1-5H;1-5H;1H2;/q4*-1;;. The van der Waals surface area contributed by atoms with Crippen LogP contribution in [-0.4, -0.2) is 4.21 Å². The van der Waals surface area contributed by atoms with E-state index in [2.05, 4.69) is 149 Å². The molecule has 0 atom stereocenters. The van der Waals surface area contributed by atoms with Crippen LogP contribution in [0.25, 0.3) is 32.7 Å². The minimum absolute atomic E-state index is 0.203. The predicted octanol–water partition coefficient (Wildman–Crippen LogP) is 14.4. The van der Waals surface area contributed by atoms with Crippen molar-refractivity contribution in [2.45, 2.75) is 90.4 Å². The van der Waals surface area contributed by atoms with Gasteiger partial charge in [-0.3, -0.25) is 0 Å². The van der Waals surface area contributed by atoms with Crippen LogP contribution in [0.3, 0.4) is 0 Å². The van der Waals surface area contributed by atoms with Gasteiger partial charge in [-0.25, -0.2) is 12.1 Å². The Bertz CT molecular complexity index is 1880. The largest absolute Gasteiger partial charge is 0.214 e. The summed E-state index contributed by atoms with van der Waals surface area (Å²) in [5.41, 5.74) is 7.36. The van der Waals surface area contributed by atoms with Crippen LogP contribution in [0.2, 0.25) is 0 Å². The third-order valence-corrected chi connectivity index (χ3v) is 9.59. The van der Waals surface area contributed by atoms with Crippen molar-refractivity contribution in [2.75, 3.05) is 0 Å². The van der Waals surface area contributed by atoms with Gasteiger partial charge in [-0.1, -0.05) is 132 Å². The van der Waals surface area contributed by atoms with Crippen molar-refractivity contribution in [1.29, 1.82) is 0 Å². The van der Waals surface area contributed by atoms with E-state index in [0.29, 0.717) is 0 Å². The second-order valence-electron chi connectivity index (χ2n) is 15.5. The van der Waals surface area contributed by atoms with E-state index in [1.54, 1.807) is 0 Å². The Hall–Kier alpha value is -3.93. The fourth-order valence-corrected chi connectivity index (χ4v) is 6.67. The number of hydrogen-bond acceptors (Lipinski definition) is 0. The zero-order valence-electron chi connectivity index (χ0n) is 32.3. The van der Waals surface area contributed by atoms with Crippen LogP contribution >= 0.6 is 0 Å². The van der Waals surface area contributed by atoms with E-state index in [1.807, 2.05) is 60.7 Å². The fraction of sp³-hybridized carbons (Fsp3) is 0.275. The summed E-state index contributed by atoms with van der Waals surface area (Å²) in [6, 6.07) is 59.3. The SMILES string of the molecule is CC(C)(C)c1ccc2c(c1)[cH-]c1cc(C(C)(C)C)ccc12.[CH2]=[Zr].[c-]1cccc(-c2ccccc2)c1C1CCCCC1.[c-]1ccccc1.c1cc[cH-]c1. The van der Waals surface area contributed by atoms with E-state index in [4.69, 9.17) is 0 Å². The van der Waals surface area contributed by atoms with Crippen molar-refractivity contribution in [1.82, 2.24) is 0 Å². The zero-order chi connectivity index (χ0) is 37.4. The topological polar surface area (TPSA) is 0 Å². The molecule has 1 fully saturated rings. The molecule has 0 bridgehead atoms. The first-order valence-electron chi connectivity index (χ1n) is 18.7. The van der Waals surface area contributed by atoms with Gasteiger partial charge in [0, 0.05) is 0 Å². The van der Waals surface area contributed by atoms with E-state index < -0.39 is 0 Å². The molecule has 7 aromatic rings. The van der Waals surface area contributed by atoms with Crippen LogP contribution in [-0.2, 0) is 35.1 Å². The van der Waals surface area contributed by atoms with Crippen molar-refractivity contribution in [3.63, 3.8) is 0 Å². The molecule has 1 heteroatoms. The average Bonchev–Trinajstić information content (AvgIpc) is 3.89. The van der Waals surface area contributed by atoms with Gasteiger partial charge in [-0.15, -0.1) is 45.3 Å². The van der Waals surface area contributed by atoms with Crippen LogP contribution in [0, 0.1) is 12.1 Å². The summed E-state index contributed by atoms with van der Waals surface area (Å²) in [4.78, 5) is 0. The number of fused-ring (bicyclic) bond motifs is 3. The van der Waals surface area contributed by atoms with Gasteiger partial charge in [-0.2, -0.15) is 84.4 Å². The molecule has 0 heterocycles. The minimum Gasteiger partial charge on any atom is -0.214 e. The molecule has 52 heavy (non-hydrogen) atoms. The van der Waals surface area contributed by atoms with Gasteiger partial charge in [-0.05, 0) is 29.6 Å². The van der Waals surface area contributed by atoms with E-state index in [1.165, 1.54) is 106 Å². The van der Waals surface area contributed by atoms with Gasteiger partial charge in [0.25, 0.3) is 0 Å². The Morgan fingerprint density at radius 2 is 1.13 bits per heavy atom. The quantitative estimate of drug-likeness (QED) is 0.154. The molecule has 0 radical (unpaired) electrons. The van der Waals surface area contributed by atoms with Crippen LogP contribution in [0.5, 0.6) is 0 Å². The van der Waals surface area contributed by atoms with Gasteiger partial charge < -0.3 is 0 Å². The number of hydrogen-bond donors (Lipinski definition) is 0. The summed E-state index contributed by atoms with van der Waals surface area (Å²) in [5, 5.41) is 5.48. The molecule has 0 nitrogen and oxygen atoms in total. The van der Waals surface area contributed by atoms with Crippen LogP contribution < -0.4 is 0 Å². The predicted molar refractivity (Wildman–Crippen MR) is 225 cm³/mol. The van der Waals surface area contributed by atoms with E-state index in [-0.39, 0.29) is 10.8 Å². The second kappa shape index (κ2) is 20.4. The monoisotopic (exact) mass is 758 g/mol. The number of benzene rings is 5. The van der Waals surface area contributed by atoms with Crippen molar-refractivity contribution in [2.24, 2.45) is 0 Å². The fourth-order valence-electron chi connectivity index (χ4n) is 6.67. The van der Waals surface area contributed by atoms with Gasteiger partial charge in [0.2, 0.25) is 0 Å². The Morgan fingerprint density at radius 3 is 1.58 bits per heavy atom. The van der Waals surface area contributed by atoms with E-state index in [0.717, 1.165) is 5.92 Å². The summed E-state index contributed by atoms with van der Waals surface area (Å²) in [6.07, 6.45) is 6.83. The molecular weight excluding hydrogens is 704 g/mol. The average molecular weight is 760 g/mol. The van der Waals surface area contributed by atoms with Crippen molar-refractivity contribution >= 4 is 25.8 Å². The maximum Gasteiger partial charge on any atom is -0.0385 e. The molecule has 1 aliphatic rings. The number of rotatable bonds is 2. The molecule has 0 saturated heterocycles. The van der Waals surface area contributed by atoms with Gasteiger partial charge >= 0.3 is 28.4 Å². The van der Waals surface area contributed by atoms with E-state index >= 15 is 0 Å². The van der Waals surface area contributed by atoms with Gasteiger partial charge in [0.1, 0.15) is 0 Å². The van der Waals surface area contributed by atoms with Crippen LogP contribution in [0.1, 0.15) is 96.3 Å². The van der Waals surface area contributed by atoms with Crippen molar-refractivity contribution in [3.05, 3.63) is 180 Å². The van der Waals surface area contributed by atoms with Crippen molar-refractivity contribution < 1.29 is 24.2 Å². The van der Waals surface area contributed by atoms with Crippen molar-refractivity contribution in [3.8, 4) is 11.1 Å². The Morgan fingerprint density at radius 1 is 0.596 bits per heavy atom. The second-order valence-corrected chi connectivity index (χ2v) is 15.5. The Balaban J connectivity index is 0.000000175. The van der Waals surface area contributed by atoms with Crippen LogP contribution in [0.15, 0.2) is 152 Å². The molecule has 0 N–H and O–H groups in total. The summed E-state index contributed by atoms with van der Waals surface area (Å²) in [6.45, 7) is 13.6. The molecule has 7 aromatic carbocycles. The third kappa shape index (κ3) is 12.1. The van der Waals surface area contributed by atoms with Gasteiger partial charge in [0.05, 0.1) is 0 Å². The molecule has 1 aliphatic carbocycles. The first kappa shape index (κ1) is 40.8. The molecule has 0 aromatic heterocycles. The third-order valence-electron chi connectivity index (χ3n) is 9.59. The minimum atomic E-state index is 0.203. The summed E-state index contributed by atoms with van der Waals surface area (Å²) < 4.78 is 3.34. The first-order chi connectivity index (χ1) is 25.1. The Kier molecular flexibility index (Phi) is 16.0. The molecule has 0 spiro atoms. The molecule has 0 unspecified atom stereocenters. The summed E-state index contributed by atoms with van der Waals surface area (Å²) in [7, 11) is 0. The van der Waals surface area contributed by atoms with Crippen LogP contribution in [0.4, 0.5) is 0 Å². The molecule has 8 rings (SSSR count). The summed E-state index contributed by atoms with van der Waals surface area (Å²) >= 11 is 1.30. The van der Waals surface area contributed by atoms with Gasteiger partial charge in [0.15, 0.2) is 0 Å². The summed E-state index contributed by atoms with van der Waals surface area (Å²) in [5.74, 6) is 0.718. The Labute approximate surface area is 330 Å². The van der Waals surface area contributed by atoms with E-state index in [9.17, 15) is 0 Å².